The molecule has 0 saturated heterocycles. The molecule has 0 aliphatic heterocycles. The summed E-state index contributed by atoms with van der Waals surface area (Å²) in [7, 11) is 0. The molecule has 3 aromatic rings. The van der Waals surface area contributed by atoms with Crippen molar-refractivity contribution in [3.8, 4) is 0 Å². The number of nitro groups is 1. The van der Waals surface area contributed by atoms with E-state index in [2.05, 4.69) is 15.6 Å². The minimum absolute atomic E-state index is 0.0420. The second-order valence-electron chi connectivity index (χ2n) is 5.04. The zero-order valence-electron chi connectivity index (χ0n) is 12.5. The number of amides is 1. The molecule has 2 aromatic carbocycles. The van der Waals surface area contributed by atoms with Gasteiger partial charge in [-0.25, -0.2) is 4.68 Å². The van der Waals surface area contributed by atoms with E-state index in [-0.39, 0.29) is 22.9 Å². The molecule has 0 spiro atoms. The predicted molar refractivity (Wildman–Crippen MR) is 90.5 cm³/mol. The molecule has 0 unspecified atom stereocenters. The fourth-order valence-electron chi connectivity index (χ4n) is 2.19. The van der Waals surface area contributed by atoms with E-state index in [1.165, 1.54) is 12.1 Å². The van der Waals surface area contributed by atoms with E-state index < -0.39 is 16.4 Å². The number of halogens is 1. The Morgan fingerprint density at radius 1 is 1.28 bits per heavy atom. The molecule has 0 aliphatic carbocycles. The van der Waals surface area contributed by atoms with Crippen LogP contribution in [0.15, 0.2) is 47.3 Å². The van der Waals surface area contributed by atoms with Gasteiger partial charge in [-0.2, -0.15) is 0 Å². The molecule has 0 bridgehead atoms. The van der Waals surface area contributed by atoms with Crippen molar-refractivity contribution in [1.29, 1.82) is 0 Å². The standard InChI is InChI=1S/C15H10ClN5O4/c16-11-6-5-9(7-13(11)21(24)25)17-14(22)8-20-15(23)10-3-1-2-4-12(10)18-19-20/h1-7H,8H2,(H,17,22). The molecule has 1 heterocycles. The Morgan fingerprint density at radius 2 is 2.04 bits per heavy atom. The average molecular weight is 360 g/mol. The van der Waals surface area contributed by atoms with Gasteiger partial charge in [-0.1, -0.05) is 28.9 Å². The van der Waals surface area contributed by atoms with Crippen molar-refractivity contribution in [3.05, 3.63) is 68.0 Å². The monoisotopic (exact) mass is 359 g/mol. The van der Waals surface area contributed by atoms with Crippen molar-refractivity contribution in [2.24, 2.45) is 0 Å². The molecule has 1 N–H and O–H groups in total. The maximum atomic E-state index is 12.3. The highest BCUT2D eigenvalue weighted by molar-refractivity contribution is 6.32. The summed E-state index contributed by atoms with van der Waals surface area (Å²) in [5.74, 6) is -0.580. The van der Waals surface area contributed by atoms with E-state index in [0.29, 0.717) is 10.9 Å². The molecule has 0 aliphatic rings. The average Bonchev–Trinajstić information content (AvgIpc) is 2.59. The van der Waals surface area contributed by atoms with E-state index in [4.69, 9.17) is 11.6 Å². The van der Waals surface area contributed by atoms with Gasteiger partial charge in [0.25, 0.3) is 11.2 Å². The van der Waals surface area contributed by atoms with Crippen molar-refractivity contribution in [2.45, 2.75) is 6.54 Å². The largest absolute Gasteiger partial charge is 0.324 e. The highest BCUT2D eigenvalue weighted by Gasteiger charge is 2.15. The Labute approximate surface area is 145 Å². The predicted octanol–water partition coefficient (Wildman–Crippen LogP) is 1.99. The summed E-state index contributed by atoms with van der Waals surface area (Å²) < 4.78 is 0.919. The number of fused-ring (bicyclic) bond motifs is 1. The lowest BCUT2D eigenvalue weighted by Crippen LogP contribution is -2.30. The van der Waals surface area contributed by atoms with Gasteiger partial charge in [-0.15, -0.1) is 5.10 Å². The second-order valence-corrected chi connectivity index (χ2v) is 5.45. The van der Waals surface area contributed by atoms with E-state index in [1.54, 1.807) is 24.3 Å². The van der Waals surface area contributed by atoms with Crippen molar-refractivity contribution >= 4 is 39.8 Å². The molecule has 0 saturated carbocycles. The first-order valence-electron chi connectivity index (χ1n) is 7.02. The summed E-state index contributed by atoms with van der Waals surface area (Å²) in [5, 5.41) is 21.2. The molecule has 0 radical (unpaired) electrons. The third kappa shape index (κ3) is 3.45. The first-order valence-corrected chi connectivity index (χ1v) is 7.40. The molecule has 1 amide bonds. The van der Waals surface area contributed by atoms with Gasteiger partial charge >= 0.3 is 0 Å². The molecule has 3 rings (SSSR count). The summed E-state index contributed by atoms with van der Waals surface area (Å²) in [5.41, 5.74) is -0.176. The lowest BCUT2D eigenvalue weighted by molar-refractivity contribution is -0.384. The maximum absolute atomic E-state index is 12.3. The van der Waals surface area contributed by atoms with Gasteiger partial charge in [0.2, 0.25) is 5.91 Å². The number of rotatable bonds is 4. The van der Waals surface area contributed by atoms with Gasteiger partial charge < -0.3 is 5.32 Å². The topological polar surface area (TPSA) is 120 Å². The van der Waals surface area contributed by atoms with Gasteiger partial charge in [0.15, 0.2) is 0 Å². The lowest BCUT2D eigenvalue weighted by Gasteiger charge is -2.07. The van der Waals surface area contributed by atoms with Crippen LogP contribution in [0.5, 0.6) is 0 Å². The molecule has 1 aromatic heterocycles. The van der Waals surface area contributed by atoms with Crippen LogP contribution in [-0.2, 0) is 11.3 Å². The number of nitrogens with one attached hydrogen (secondary N) is 1. The number of hydrogen-bond acceptors (Lipinski definition) is 6. The van der Waals surface area contributed by atoms with Crippen LogP contribution in [0.3, 0.4) is 0 Å². The third-order valence-electron chi connectivity index (χ3n) is 3.35. The highest BCUT2D eigenvalue weighted by atomic mass is 35.5. The summed E-state index contributed by atoms with van der Waals surface area (Å²) in [6.45, 7) is -0.382. The Hall–Kier alpha value is -3.33. The van der Waals surface area contributed by atoms with Crippen LogP contribution in [0.1, 0.15) is 0 Å². The van der Waals surface area contributed by atoms with Crippen LogP contribution in [0.25, 0.3) is 10.9 Å². The van der Waals surface area contributed by atoms with Crippen LogP contribution >= 0.6 is 11.6 Å². The molecular weight excluding hydrogens is 350 g/mol. The lowest BCUT2D eigenvalue weighted by atomic mass is 10.2. The van der Waals surface area contributed by atoms with Crippen LogP contribution in [0.2, 0.25) is 5.02 Å². The number of anilines is 1. The summed E-state index contributed by atoms with van der Waals surface area (Å²) in [4.78, 5) is 34.6. The zero-order valence-corrected chi connectivity index (χ0v) is 13.3. The number of nitro benzene ring substituents is 1. The molecule has 10 heteroatoms. The zero-order chi connectivity index (χ0) is 18.0. The number of carbonyl (C=O) groups excluding carboxylic acids is 1. The van der Waals surface area contributed by atoms with Crippen LogP contribution in [0.4, 0.5) is 11.4 Å². The second kappa shape index (κ2) is 6.65. The van der Waals surface area contributed by atoms with Gasteiger partial charge in [0.1, 0.15) is 17.1 Å². The minimum atomic E-state index is -0.655. The first-order chi connectivity index (χ1) is 12.0. The van der Waals surface area contributed by atoms with E-state index in [1.807, 2.05) is 0 Å². The van der Waals surface area contributed by atoms with Crippen molar-refractivity contribution < 1.29 is 9.72 Å². The van der Waals surface area contributed by atoms with E-state index in [9.17, 15) is 19.7 Å². The Kier molecular flexibility index (Phi) is 4.40. The van der Waals surface area contributed by atoms with E-state index in [0.717, 1.165) is 10.7 Å². The Morgan fingerprint density at radius 3 is 2.80 bits per heavy atom. The van der Waals surface area contributed by atoms with Gasteiger partial charge in [0.05, 0.1) is 10.3 Å². The molecular formula is C15H10ClN5O4. The van der Waals surface area contributed by atoms with Gasteiger partial charge in [-0.3, -0.25) is 19.7 Å². The van der Waals surface area contributed by atoms with Crippen LogP contribution in [-0.4, -0.2) is 25.8 Å². The van der Waals surface area contributed by atoms with Crippen molar-refractivity contribution in [1.82, 2.24) is 15.0 Å². The van der Waals surface area contributed by atoms with Gasteiger partial charge in [-0.05, 0) is 24.3 Å². The number of carbonyl (C=O) groups is 1. The van der Waals surface area contributed by atoms with E-state index >= 15 is 0 Å². The molecule has 9 nitrogen and oxygen atoms in total. The maximum Gasteiger partial charge on any atom is 0.289 e. The smallest absolute Gasteiger partial charge is 0.289 e. The molecule has 126 valence electrons. The Bertz CT molecular complexity index is 1050. The fourth-order valence-corrected chi connectivity index (χ4v) is 2.38. The number of benzene rings is 2. The summed E-state index contributed by atoms with van der Waals surface area (Å²) in [6.07, 6.45) is 0. The number of aromatic nitrogens is 3. The third-order valence-corrected chi connectivity index (χ3v) is 3.67. The van der Waals surface area contributed by atoms with Crippen LogP contribution in [0, 0.1) is 10.1 Å². The number of hydrogen-bond donors (Lipinski definition) is 1. The molecule has 0 fully saturated rings. The molecule has 0 atom stereocenters. The highest BCUT2D eigenvalue weighted by Crippen LogP contribution is 2.27. The Balaban J connectivity index is 1.82. The minimum Gasteiger partial charge on any atom is -0.324 e. The first kappa shape index (κ1) is 16.5. The van der Waals surface area contributed by atoms with Crippen LogP contribution < -0.4 is 10.9 Å². The number of nitrogens with zero attached hydrogens (tertiary/aromatic N) is 4. The summed E-state index contributed by atoms with van der Waals surface area (Å²) >= 11 is 5.72. The SMILES string of the molecule is O=C(Cn1nnc2ccccc2c1=O)Nc1ccc(Cl)c([N+](=O)[O-])c1. The quantitative estimate of drug-likeness (QED) is 0.561. The van der Waals surface area contributed by atoms with Gasteiger partial charge in [0, 0.05) is 11.8 Å². The van der Waals surface area contributed by atoms with Crippen molar-refractivity contribution in [2.75, 3.05) is 5.32 Å². The summed E-state index contributed by atoms with van der Waals surface area (Å²) in [6, 6.07) is 10.5. The fraction of sp³-hybridized carbons (Fsp3) is 0.0667. The van der Waals surface area contributed by atoms with Crippen molar-refractivity contribution in [3.63, 3.8) is 0 Å². The molecule has 25 heavy (non-hydrogen) atoms. The normalized spacial score (nSPS) is 10.6.